The summed E-state index contributed by atoms with van der Waals surface area (Å²) in [6, 6.07) is 31.7. The lowest BCUT2D eigenvalue weighted by atomic mass is 10.0. The van der Waals surface area contributed by atoms with Gasteiger partial charge in [-0.3, -0.25) is 4.57 Å². The standard InChI is InChI=1S/C12H13N.C12H11O3P/c1-9(13)11-8-4-6-10-5-2-3-7-12(10)11;13-16(14,12-9-5-2-6-10-12)15-11-7-3-1-4-8-11/h2-9H,13H2,1H3;1-10H,(H,13,14)/t9-;/m1./s1. The van der Waals surface area contributed by atoms with E-state index in [1.165, 1.54) is 28.5 Å². The van der Waals surface area contributed by atoms with Gasteiger partial charge in [0.1, 0.15) is 11.8 Å². The Labute approximate surface area is 171 Å². The van der Waals surface area contributed by atoms with Crippen LogP contribution in [0.3, 0.4) is 0 Å². The van der Waals surface area contributed by atoms with E-state index in [2.05, 4.69) is 55.1 Å². The molecular weight excluding hydrogens is 381 g/mol. The van der Waals surface area contributed by atoms with Crippen molar-refractivity contribution < 1.29 is 19.7 Å². The maximum absolute atomic E-state index is 11.8. The van der Waals surface area contributed by atoms with E-state index >= 15 is 0 Å². The van der Waals surface area contributed by atoms with Crippen molar-refractivity contribution in [2.45, 2.75) is 13.0 Å². The number of hydrogen-bond acceptors (Lipinski definition) is 3. The molecule has 1 unspecified atom stereocenters. The Morgan fingerprint density at radius 2 is 1.34 bits per heavy atom. The fourth-order valence-electron chi connectivity index (χ4n) is 2.96. The first-order valence-electron chi connectivity index (χ1n) is 9.39. The van der Waals surface area contributed by atoms with Gasteiger partial charge in [0.15, 0.2) is 0 Å². The zero-order valence-electron chi connectivity index (χ0n) is 16.3. The molecule has 0 aliphatic carbocycles. The van der Waals surface area contributed by atoms with Gasteiger partial charge in [0.2, 0.25) is 7.60 Å². The van der Waals surface area contributed by atoms with Gasteiger partial charge in [-0.2, -0.15) is 0 Å². The summed E-state index contributed by atoms with van der Waals surface area (Å²) in [7, 11) is -4.02. The summed E-state index contributed by atoms with van der Waals surface area (Å²) in [6.45, 7) is 2.13. The van der Waals surface area contributed by atoms with Crippen molar-refractivity contribution >= 4 is 23.7 Å². The first-order chi connectivity index (χ1) is 14.0. The lowest BCUT2D eigenvalue weighted by molar-refractivity contribution is -0.420. The van der Waals surface area contributed by atoms with Crippen LogP contribution in [0.5, 0.6) is 5.75 Å². The van der Waals surface area contributed by atoms with Crippen LogP contribution in [0.2, 0.25) is 0 Å². The fourth-order valence-corrected chi connectivity index (χ4v) is 4.01. The van der Waals surface area contributed by atoms with Gasteiger partial charge in [-0.05, 0) is 42.0 Å². The Balaban J connectivity index is 0.000000169. The van der Waals surface area contributed by atoms with Gasteiger partial charge in [-0.1, -0.05) is 78.9 Å². The first kappa shape index (κ1) is 20.8. The van der Waals surface area contributed by atoms with Crippen molar-refractivity contribution in [3.05, 3.63) is 109 Å². The molecule has 0 fully saturated rings. The smallest absolute Gasteiger partial charge is 0.214 e. The van der Waals surface area contributed by atoms with Gasteiger partial charge < -0.3 is 15.2 Å². The topological polar surface area (TPSA) is 77.0 Å². The number of benzene rings is 4. The third-order valence-corrected chi connectivity index (χ3v) is 5.78. The first-order valence-corrected chi connectivity index (χ1v) is 10.9. The van der Waals surface area contributed by atoms with Crippen LogP contribution in [-0.4, -0.2) is 0 Å². The molecule has 2 atom stereocenters. The van der Waals surface area contributed by atoms with Crippen LogP contribution in [0.25, 0.3) is 10.8 Å². The van der Waals surface area contributed by atoms with Crippen molar-refractivity contribution in [3.8, 4) is 5.75 Å². The predicted octanol–water partition coefficient (Wildman–Crippen LogP) is 4.09. The van der Waals surface area contributed by atoms with Crippen molar-refractivity contribution in [2.75, 3.05) is 0 Å². The second kappa shape index (κ2) is 9.53. The van der Waals surface area contributed by atoms with Gasteiger partial charge in [-0.15, -0.1) is 0 Å². The summed E-state index contributed by atoms with van der Waals surface area (Å²) in [4.78, 5) is 11.8. The van der Waals surface area contributed by atoms with Crippen molar-refractivity contribution in [1.29, 1.82) is 0 Å². The van der Waals surface area contributed by atoms with Crippen molar-refractivity contribution in [3.63, 3.8) is 0 Å². The van der Waals surface area contributed by atoms with E-state index in [-0.39, 0.29) is 5.30 Å². The molecule has 0 aromatic heterocycles. The highest BCUT2D eigenvalue weighted by atomic mass is 31.2. The summed E-state index contributed by atoms with van der Waals surface area (Å²) < 4.78 is 16.8. The van der Waals surface area contributed by atoms with E-state index in [4.69, 9.17) is 4.52 Å². The number of para-hydroxylation sites is 1. The summed E-state index contributed by atoms with van der Waals surface area (Å²) in [5.74, 6) is 0.324. The number of hydrogen-bond donors (Lipinski definition) is 1. The summed E-state index contributed by atoms with van der Waals surface area (Å²) in [5, 5.41) is 2.81. The molecule has 3 N–H and O–H groups in total. The van der Waals surface area contributed by atoms with E-state index < -0.39 is 7.60 Å². The lowest BCUT2D eigenvalue weighted by Crippen LogP contribution is -2.51. The Morgan fingerprint density at radius 1 is 0.793 bits per heavy atom. The molecular formula is C24H24NO3P. The van der Waals surface area contributed by atoms with Gasteiger partial charge >= 0.3 is 0 Å². The quantitative estimate of drug-likeness (QED) is 0.520. The largest absolute Gasteiger partial charge is 0.765 e. The molecule has 4 aromatic carbocycles. The number of fused-ring (bicyclic) bond motifs is 1. The number of quaternary nitrogens is 1. The summed E-state index contributed by atoms with van der Waals surface area (Å²) in [6.07, 6.45) is 0. The predicted molar refractivity (Wildman–Crippen MR) is 116 cm³/mol. The van der Waals surface area contributed by atoms with Gasteiger partial charge in [0.25, 0.3) is 0 Å². The van der Waals surface area contributed by atoms with Crippen LogP contribution < -0.4 is 20.5 Å². The molecule has 0 heterocycles. The summed E-state index contributed by atoms with van der Waals surface area (Å²) >= 11 is 0. The van der Waals surface area contributed by atoms with Crippen molar-refractivity contribution in [2.24, 2.45) is 0 Å². The van der Waals surface area contributed by atoms with Crippen LogP contribution in [0.15, 0.2) is 103 Å². The lowest BCUT2D eigenvalue weighted by Gasteiger charge is -2.24. The molecule has 0 bridgehead atoms. The van der Waals surface area contributed by atoms with Crippen LogP contribution in [0.4, 0.5) is 0 Å². The van der Waals surface area contributed by atoms with E-state index in [1.807, 2.05) is 0 Å². The minimum Gasteiger partial charge on any atom is -0.765 e. The van der Waals surface area contributed by atoms with Crippen LogP contribution >= 0.6 is 7.60 Å². The van der Waals surface area contributed by atoms with Crippen LogP contribution in [0.1, 0.15) is 18.5 Å². The highest BCUT2D eigenvalue weighted by Gasteiger charge is 2.12. The monoisotopic (exact) mass is 405 g/mol. The minimum atomic E-state index is -4.02. The Hall–Kier alpha value is -2.91. The highest BCUT2D eigenvalue weighted by Crippen LogP contribution is 2.36. The Morgan fingerprint density at radius 3 is 2.00 bits per heavy atom. The minimum absolute atomic E-state index is 0.179. The maximum atomic E-state index is 11.8. The van der Waals surface area contributed by atoms with Gasteiger partial charge in [0.05, 0.1) is 0 Å². The molecule has 0 radical (unpaired) electrons. The molecule has 4 nitrogen and oxygen atoms in total. The SMILES string of the molecule is C[C@@H]([NH3+])c1cccc2ccccc12.O=P([O-])(Oc1ccccc1)c1ccccc1. The third kappa shape index (κ3) is 5.55. The van der Waals surface area contributed by atoms with E-state index in [0.717, 1.165) is 0 Å². The molecule has 0 aliphatic rings. The fraction of sp³-hybridized carbons (Fsp3) is 0.0833. The number of rotatable bonds is 4. The molecule has 148 valence electrons. The van der Waals surface area contributed by atoms with E-state index in [0.29, 0.717) is 11.8 Å². The molecule has 0 amide bonds. The van der Waals surface area contributed by atoms with Gasteiger partial charge in [0, 0.05) is 10.9 Å². The molecule has 4 rings (SSSR count). The van der Waals surface area contributed by atoms with Crippen molar-refractivity contribution in [1.82, 2.24) is 0 Å². The molecule has 0 spiro atoms. The molecule has 0 aliphatic heterocycles. The van der Waals surface area contributed by atoms with Gasteiger partial charge in [-0.25, -0.2) is 0 Å². The average molecular weight is 405 g/mol. The average Bonchev–Trinajstić information content (AvgIpc) is 2.75. The maximum Gasteiger partial charge on any atom is 0.214 e. The second-order valence-electron chi connectivity index (χ2n) is 6.71. The second-order valence-corrected chi connectivity index (χ2v) is 8.40. The zero-order valence-corrected chi connectivity index (χ0v) is 17.2. The molecule has 5 heteroatoms. The Bertz CT molecular complexity index is 1090. The molecule has 0 saturated heterocycles. The molecule has 4 aromatic rings. The third-order valence-electron chi connectivity index (χ3n) is 4.40. The highest BCUT2D eigenvalue weighted by molar-refractivity contribution is 7.60. The Kier molecular flexibility index (Phi) is 6.84. The van der Waals surface area contributed by atoms with E-state index in [9.17, 15) is 9.46 Å². The summed E-state index contributed by atoms with van der Waals surface area (Å²) in [5.41, 5.74) is 5.39. The zero-order chi connectivity index (χ0) is 20.7. The van der Waals surface area contributed by atoms with Crippen LogP contribution in [-0.2, 0) is 4.57 Å². The normalized spacial score (nSPS) is 13.6. The molecule has 0 saturated carbocycles. The van der Waals surface area contributed by atoms with Crippen LogP contribution in [0, 0.1) is 0 Å². The van der Waals surface area contributed by atoms with E-state index in [1.54, 1.807) is 48.5 Å². The molecule has 29 heavy (non-hydrogen) atoms.